The predicted molar refractivity (Wildman–Crippen MR) is 124 cm³/mol. The Morgan fingerprint density at radius 1 is 1.18 bits per heavy atom. The SMILES string of the molecule is CCC(Nc1nc(N)nc(N)c1C#N)c1nc2cccc(F)c2c(=O)n1-c1cc(C)cc(F)c1. The lowest BCUT2D eigenvalue weighted by molar-refractivity contribution is 0.618. The highest BCUT2D eigenvalue weighted by Gasteiger charge is 2.24. The zero-order valence-electron chi connectivity index (χ0n) is 18.3. The molecule has 2 aromatic carbocycles. The Hall–Kier alpha value is -4.59. The molecule has 0 amide bonds. The quantitative estimate of drug-likeness (QED) is 0.409. The molecule has 9 nitrogen and oxygen atoms in total. The van der Waals surface area contributed by atoms with Crippen molar-refractivity contribution in [3.05, 3.63) is 75.3 Å². The Labute approximate surface area is 192 Å². The van der Waals surface area contributed by atoms with Crippen LogP contribution in [0.3, 0.4) is 0 Å². The maximum atomic E-state index is 14.6. The number of aromatic nitrogens is 4. The zero-order valence-corrected chi connectivity index (χ0v) is 18.3. The molecule has 34 heavy (non-hydrogen) atoms. The Bertz CT molecular complexity index is 1510. The van der Waals surface area contributed by atoms with Gasteiger partial charge in [0, 0.05) is 0 Å². The molecule has 4 rings (SSSR count). The first-order chi connectivity index (χ1) is 16.2. The van der Waals surface area contributed by atoms with Gasteiger partial charge in [-0.15, -0.1) is 0 Å². The van der Waals surface area contributed by atoms with E-state index in [1.54, 1.807) is 19.9 Å². The molecule has 0 spiro atoms. The number of nitrogens with two attached hydrogens (primary N) is 2. The number of aryl methyl sites for hydroxylation is 1. The molecule has 0 aliphatic carbocycles. The lowest BCUT2D eigenvalue weighted by Gasteiger charge is -2.23. The highest BCUT2D eigenvalue weighted by atomic mass is 19.1. The smallest absolute Gasteiger partial charge is 0.269 e. The standard InChI is InChI=1S/C23H20F2N8O/c1-3-16(29-20-14(10-26)19(27)31-23(28)32-20)21-30-17-6-4-5-15(25)18(17)22(34)33(21)13-8-11(2)7-12(24)9-13/h4-9,16H,3H2,1-2H3,(H5,27,28,29,31,32). The van der Waals surface area contributed by atoms with E-state index in [1.807, 2.05) is 6.07 Å². The van der Waals surface area contributed by atoms with E-state index >= 15 is 0 Å². The Morgan fingerprint density at radius 3 is 2.62 bits per heavy atom. The Kier molecular flexibility index (Phi) is 5.81. The monoisotopic (exact) mass is 462 g/mol. The van der Waals surface area contributed by atoms with Crippen molar-refractivity contribution in [2.45, 2.75) is 26.3 Å². The van der Waals surface area contributed by atoms with Gasteiger partial charge in [-0.1, -0.05) is 13.0 Å². The van der Waals surface area contributed by atoms with Gasteiger partial charge in [-0.2, -0.15) is 15.2 Å². The van der Waals surface area contributed by atoms with Crippen molar-refractivity contribution in [1.29, 1.82) is 5.26 Å². The first kappa shape index (κ1) is 22.6. The summed E-state index contributed by atoms with van der Waals surface area (Å²) < 4.78 is 30.1. The van der Waals surface area contributed by atoms with E-state index in [0.29, 0.717) is 12.0 Å². The molecule has 0 aliphatic rings. The predicted octanol–water partition coefficient (Wildman–Crippen LogP) is 3.36. The van der Waals surface area contributed by atoms with Crippen LogP contribution in [0, 0.1) is 29.9 Å². The number of fused-ring (bicyclic) bond motifs is 1. The topological polar surface area (TPSA) is 149 Å². The van der Waals surface area contributed by atoms with E-state index in [0.717, 1.165) is 10.6 Å². The van der Waals surface area contributed by atoms with Crippen LogP contribution in [0.2, 0.25) is 0 Å². The van der Waals surface area contributed by atoms with E-state index in [4.69, 9.17) is 11.5 Å². The lowest BCUT2D eigenvalue weighted by atomic mass is 10.1. The molecule has 0 fully saturated rings. The van der Waals surface area contributed by atoms with Gasteiger partial charge < -0.3 is 16.8 Å². The van der Waals surface area contributed by atoms with Crippen molar-refractivity contribution in [3.63, 3.8) is 0 Å². The summed E-state index contributed by atoms with van der Waals surface area (Å²) in [5, 5.41) is 12.3. The van der Waals surface area contributed by atoms with Crippen molar-refractivity contribution in [3.8, 4) is 11.8 Å². The second-order valence-corrected chi connectivity index (χ2v) is 7.64. The summed E-state index contributed by atoms with van der Waals surface area (Å²) in [4.78, 5) is 25.9. The Balaban J connectivity index is 2.01. The van der Waals surface area contributed by atoms with Gasteiger partial charge in [0.1, 0.15) is 40.3 Å². The molecule has 1 atom stereocenters. The first-order valence-corrected chi connectivity index (χ1v) is 10.3. The summed E-state index contributed by atoms with van der Waals surface area (Å²) in [5.41, 5.74) is 11.6. The van der Waals surface area contributed by atoms with Gasteiger partial charge in [0.2, 0.25) is 5.95 Å². The molecular formula is C23H20F2N8O. The minimum absolute atomic E-state index is 0.0324. The number of hydrogen-bond acceptors (Lipinski definition) is 8. The number of hydrogen-bond donors (Lipinski definition) is 3. The van der Waals surface area contributed by atoms with E-state index < -0.39 is 23.2 Å². The van der Waals surface area contributed by atoms with Gasteiger partial charge in [0.15, 0.2) is 5.82 Å². The van der Waals surface area contributed by atoms with Crippen molar-refractivity contribution in [1.82, 2.24) is 19.5 Å². The van der Waals surface area contributed by atoms with Gasteiger partial charge >= 0.3 is 0 Å². The molecule has 0 aliphatic heterocycles. The number of benzene rings is 2. The summed E-state index contributed by atoms with van der Waals surface area (Å²) in [7, 11) is 0. The molecule has 0 saturated carbocycles. The van der Waals surface area contributed by atoms with Crippen molar-refractivity contribution < 1.29 is 8.78 Å². The van der Waals surface area contributed by atoms with Crippen LogP contribution >= 0.6 is 0 Å². The molecule has 0 saturated heterocycles. The number of nitrogens with zero attached hydrogens (tertiary/aromatic N) is 5. The third-order valence-corrected chi connectivity index (χ3v) is 5.25. The van der Waals surface area contributed by atoms with Crippen LogP contribution in [0.1, 0.15) is 36.3 Å². The van der Waals surface area contributed by atoms with E-state index in [-0.39, 0.29) is 45.6 Å². The third-order valence-electron chi connectivity index (χ3n) is 5.25. The van der Waals surface area contributed by atoms with Gasteiger partial charge in [-0.3, -0.25) is 9.36 Å². The number of nitrogens with one attached hydrogen (secondary N) is 1. The highest BCUT2D eigenvalue weighted by Crippen LogP contribution is 2.28. The maximum absolute atomic E-state index is 14.6. The van der Waals surface area contributed by atoms with Crippen LogP contribution in [0.5, 0.6) is 0 Å². The summed E-state index contributed by atoms with van der Waals surface area (Å²) in [5.74, 6) is -1.36. The fourth-order valence-electron chi connectivity index (χ4n) is 3.76. The fraction of sp³-hybridized carbons (Fsp3) is 0.174. The number of nitriles is 1. The molecule has 0 radical (unpaired) electrons. The van der Waals surface area contributed by atoms with E-state index in [9.17, 15) is 18.8 Å². The maximum Gasteiger partial charge on any atom is 0.269 e. The van der Waals surface area contributed by atoms with Gasteiger partial charge in [-0.05, 0) is 49.2 Å². The summed E-state index contributed by atoms with van der Waals surface area (Å²) in [6.07, 6.45) is 0.357. The van der Waals surface area contributed by atoms with E-state index in [1.165, 1.54) is 24.3 Å². The number of anilines is 3. The lowest BCUT2D eigenvalue weighted by Crippen LogP contribution is -2.29. The van der Waals surface area contributed by atoms with Crippen LogP contribution < -0.4 is 22.3 Å². The number of nitrogen functional groups attached to an aromatic ring is 2. The minimum atomic E-state index is -0.743. The van der Waals surface area contributed by atoms with Crippen molar-refractivity contribution >= 4 is 28.5 Å². The molecule has 5 N–H and O–H groups in total. The van der Waals surface area contributed by atoms with Crippen molar-refractivity contribution in [2.24, 2.45) is 0 Å². The molecule has 4 aromatic rings. The Morgan fingerprint density at radius 2 is 1.94 bits per heavy atom. The second kappa shape index (κ2) is 8.74. The molecule has 2 heterocycles. The van der Waals surface area contributed by atoms with Crippen LogP contribution in [-0.4, -0.2) is 19.5 Å². The molecule has 172 valence electrons. The third kappa shape index (κ3) is 3.97. The normalized spacial score (nSPS) is 11.9. The fourth-order valence-corrected chi connectivity index (χ4v) is 3.76. The number of halogens is 2. The van der Waals surface area contributed by atoms with Crippen LogP contribution in [0.25, 0.3) is 16.6 Å². The first-order valence-electron chi connectivity index (χ1n) is 10.3. The highest BCUT2D eigenvalue weighted by molar-refractivity contribution is 5.79. The van der Waals surface area contributed by atoms with Crippen LogP contribution in [0.4, 0.5) is 26.4 Å². The van der Waals surface area contributed by atoms with Crippen molar-refractivity contribution in [2.75, 3.05) is 16.8 Å². The largest absolute Gasteiger partial charge is 0.382 e. The minimum Gasteiger partial charge on any atom is -0.382 e. The van der Waals surface area contributed by atoms with Gasteiger partial charge in [0.05, 0.1) is 17.2 Å². The average Bonchev–Trinajstić information content (AvgIpc) is 2.76. The molecule has 1 unspecified atom stereocenters. The molecule has 0 bridgehead atoms. The van der Waals surface area contributed by atoms with Crippen LogP contribution in [0.15, 0.2) is 41.2 Å². The number of rotatable bonds is 5. The second-order valence-electron chi connectivity index (χ2n) is 7.64. The summed E-state index contributed by atoms with van der Waals surface area (Å²) in [6.45, 7) is 3.48. The average molecular weight is 462 g/mol. The van der Waals surface area contributed by atoms with Crippen LogP contribution in [-0.2, 0) is 0 Å². The van der Waals surface area contributed by atoms with E-state index in [2.05, 4.69) is 20.3 Å². The zero-order chi connectivity index (χ0) is 24.6. The summed E-state index contributed by atoms with van der Waals surface area (Å²) in [6, 6.07) is 9.39. The molecule has 2 aromatic heterocycles. The molecule has 11 heteroatoms. The molecular weight excluding hydrogens is 442 g/mol. The van der Waals surface area contributed by atoms with Gasteiger partial charge in [-0.25, -0.2) is 13.8 Å². The van der Waals surface area contributed by atoms with Gasteiger partial charge in [0.25, 0.3) is 5.56 Å². The summed E-state index contributed by atoms with van der Waals surface area (Å²) >= 11 is 0.